The number of anilines is 1. The van der Waals surface area contributed by atoms with Crippen LogP contribution in [-0.2, 0) is 0 Å². The Bertz CT molecular complexity index is 1060. The molecule has 4 rings (SSSR count). The maximum atomic E-state index is 13.0. The number of amides is 2. The fourth-order valence-corrected chi connectivity index (χ4v) is 3.62. The van der Waals surface area contributed by atoms with Gasteiger partial charge in [0.2, 0.25) is 0 Å². The van der Waals surface area contributed by atoms with Gasteiger partial charge in [-0.3, -0.25) is 9.59 Å². The molecule has 150 valence electrons. The molecule has 1 aliphatic heterocycles. The Morgan fingerprint density at radius 2 is 1.76 bits per heavy atom. The third-order valence-corrected chi connectivity index (χ3v) is 5.33. The molecule has 0 spiro atoms. The fraction of sp³-hybridized carbons (Fsp3) is 0.250. The molecule has 3 heterocycles. The van der Waals surface area contributed by atoms with Crippen molar-refractivity contribution in [2.45, 2.75) is 6.92 Å². The van der Waals surface area contributed by atoms with Crippen molar-refractivity contribution in [3.63, 3.8) is 0 Å². The molecule has 9 heteroatoms. The van der Waals surface area contributed by atoms with Crippen LogP contribution in [0.3, 0.4) is 0 Å². The summed E-state index contributed by atoms with van der Waals surface area (Å²) >= 11 is 5.87. The molecule has 0 bridgehead atoms. The average Bonchev–Trinajstić information content (AvgIpc) is 3.33. The minimum Gasteiger partial charge on any atom is -0.383 e. The second-order valence-corrected chi connectivity index (χ2v) is 7.39. The molecule has 3 N–H and O–H groups in total. The van der Waals surface area contributed by atoms with Crippen molar-refractivity contribution in [3.8, 4) is 5.69 Å². The van der Waals surface area contributed by atoms with E-state index in [2.05, 4.69) is 10.1 Å². The first-order valence-corrected chi connectivity index (χ1v) is 9.65. The van der Waals surface area contributed by atoms with Crippen molar-refractivity contribution in [2.24, 2.45) is 0 Å². The monoisotopic (exact) mass is 412 g/mol. The third kappa shape index (κ3) is 3.58. The lowest BCUT2D eigenvalue weighted by Gasteiger charge is -2.34. The van der Waals surface area contributed by atoms with Gasteiger partial charge >= 0.3 is 0 Å². The van der Waals surface area contributed by atoms with E-state index in [0.717, 1.165) is 11.3 Å². The van der Waals surface area contributed by atoms with Crippen molar-refractivity contribution >= 4 is 29.2 Å². The normalized spacial score (nSPS) is 14.3. The molecule has 1 saturated heterocycles. The lowest BCUT2D eigenvalue weighted by molar-refractivity contribution is 0.0533. The average molecular weight is 413 g/mol. The number of nitrogens with zero attached hydrogens (tertiary/aromatic N) is 4. The van der Waals surface area contributed by atoms with Crippen LogP contribution in [0.25, 0.3) is 5.69 Å². The highest BCUT2D eigenvalue weighted by molar-refractivity contribution is 6.30. The minimum absolute atomic E-state index is 0.129. The van der Waals surface area contributed by atoms with E-state index in [1.54, 1.807) is 26.7 Å². The van der Waals surface area contributed by atoms with Crippen LogP contribution in [-0.4, -0.2) is 62.6 Å². The van der Waals surface area contributed by atoms with E-state index in [1.807, 2.05) is 31.2 Å². The van der Waals surface area contributed by atoms with Crippen molar-refractivity contribution < 1.29 is 9.59 Å². The lowest BCUT2D eigenvalue weighted by atomic mass is 10.2. The Labute approximate surface area is 172 Å². The fourth-order valence-electron chi connectivity index (χ4n) is 3.46. The molecule has 8 nitrogen and oxygen atoms in total. The van der Waals surface area contributed by atoms with Crippen LogP contribution in [0.5, 0.6) is 0 Å². The van der Waals surface area contributed by atoms with Gasteiger partial charge in [0.25, 0.3) is 11.8 Å². The molecule has 0 radical (unpaired) electrons. The van der Waals surface area contributed by atoms with Crippen LogP contribution in [0, 0.1) is 6.92 Å². The van der Waals surface area contributed by atoms with Crippen LogP contribution in [0.1, 0.15) is 26.4 Å². The number of aromatic nitrogens is 3. The predicted molar refractivity (Wildman–Crippen MR) is 110 cm³/mol. The number of hydrogen-bond donors (Lipinski definition) is 2. The number of H-pyrrole nitrogens is 1. The minimum atomic E-state index is -0.183. The number of nitrogens with two attached hydrogens (primary N) is 1. The van der Waals surface area contributed by atoms with Crippen LogP contribution in [0.15, 0.2) is 42.7 Å². The largest absolute Gasteiger partial charge is 0.383 e. The number of aryl methyl sites for hydroxylation is 1. The van der Waals surface area contributed by atoms with E-state index in [1.165, 1.54) is 6.20 Å². The zero-order chi connectivity index (χ0) is 20.5. The molecule has 1 aliphatic rings. The Hall–Kier alpha value is -3.26. The lowest BCUT2D eigenvalue weighted by Crippen LogP contribution is -2.50. The Balaban J connectivity index is 1.45. The van der Waals surface area contributed by atoms with E-state index >= 15 is 0 Å². The van der Waals surface area contributed by atoms with E-state index < -0.39 is 0 Å². The summed E-state index contributed by atoms with van der Waals surface area (Å²) in [5.74, 6) is -0.00271. The first-order valence-electron chi connectivity index (χ1n) is 9.27. The summed E-state index contributed by atoms with van der Waals surface area (Å²) in [6.45, 7) is 3.69. The molecular weight excluding hydrogens is 392 g/mol. The smallest absolute Gasteiger partial charge is 0.270 e. The summed E-state index contributed by atoms with van der Waals surface area (Å²) in [5.41, 5.74) is 8.89. The third-order valence-electron chi connectivity index (χ3n) is 5.11. The summed E-state index contributed by atoms with van der Waals surface area (Å²) < 4.78 is 1.58. The number of nitrogen functional groups attached to an aromatic ring is 1. The number of benzene rings is 1. The van der Waals surface area contributed by atoms with Crippen LogP contribution < -0.4 is 5.73 Å². The van der Waals surface area contributed by atoms with Gasteiger partial charge in [0, 0.05) is 32.4 Å². The van der Waals surface area contributed by atoms with Gasteiger partial charge in [0.1, 0.15) is 17.1 Å². The molecule has 2 aromatic heterocycles. The van der Waals surface area contributed by atoms with E-state index in [-0.39, 0.29) is 11.8 Å². The second kappa shape index (κ2) is 7.63. The number of nitrogens with one attached hydrogen (secondary N) is 1. The van der Waals surface area contributed by atoms with Gasteiger partial charge in [-0.25, -0.2) is 4.68 Å². The second-order valence-electron chi connectivity index (χ2n) is 6.96. The maximum absolute atomic E-state index is 13.0. The van der Waals surface area contributed by atoms with Crippen LogP contribution in [0.2, 0.25) is 5.02 Å². The molecule has 1 aromatic carbocycles. The van der Waals surface area contributed by atoms with Gasteiger partial charge in [0.05, 0.1) is 16.9 Å². The molecule has 2 amide bonds. The van der Waals surface area contributed by atoms with Gasteiger partial charge in [0.15, 0.2) is 0 Å². The van der Waals surface area contributed by atoms with Crippen molar-refractivity contribution in [3.05, 3.63) is 64.6 Å². The van der Waals surface area contributed by atoms with Gasteiger partial charge in [-0.2, -0.15) is 5.10 Å². The Kier molecular flexibility index (Phi) is 5.02. The summed E-state index contributed by atoms with van der Waals surface area (Å²) in [7, 11) is 0. The van der Waals surface area contributed by atoms with Crippen molar-refractivity contribution in [1.29, 1.82) is 0 Å². The number of aromatic amines is 1. The molecule has 0 saturated carbocycles. The topological polar surface area (TPSA) is 100 Å². The van der Waals surface area contributed by atoms with Crippen molar-refractivity contribution in [2.75, 3.05) is 31.9 Å². The summed E-state index contributed by atoms with van der Waals surface area (Å²) in [4.78, 5) is 31.7. The number of halogens is 1. The predicted octanol–water partition coefficient (Wildman–Crippen LogP) is 2.34. The van der Waals surface area contributed by atoms with Crippen LogP contribution in [0.4, 0.5) is 5.82 Å². The molecular formula is C20H21ClN6O2. The van der Waals surface area contributed by atoms with E-state index in [9.17, 15) is 9.59 Å². The number of rotatable bonds is 3. The number of carbonyl (C=O) groups excluding carboxylic acids is 2. The highest BCUT2D eigenvalue weighted by atomic mass is 35.5. The van der Waals surface area contributed by atoms with Gasteiger partial charge < -0.3 is 20.5 Å². The summed E-state index contributed by atoms with van der Waals surface area (Å²) in [6.07, 6.45) is 3.08. The first kappa shape index (κ1) is 19.1. The SMILES string of the molecule is Cc1ccccc1-n1ncc(C(=O)N2CCN(C(=O)c3cc(Cl)c[nH]3)CC2)c1N. The highest BCUT2D eigenvalue weighted by Gasteiger charge is 2.28. The first-order chi connectivity index (χ1) is 14.0. The van der Waals surface area contributed by atoms with Crippen molar-refractivity contribution in [1.82, 2.24) is 24.6 Å². The van der Waals surface area contributed by atoms with Gasteiger partial charge in [-0.05, 0) is 24.6 Å². The van der Waals surface area contributed by atoms with E-state index in [4.69, 9.17) is 17.3 Å². The van der Waals surface area contributed by atoms with E-state index in [0.29, 0.717) is 48.3 Å². The van der Waals surface area contributed by atoms with Crippen LogP contribution >= 0.6 is 11.6 Å². The molecule has 0 atom stereocenters. The summed E-state index contributed by atoms with van der Waals surface area (Å²) in [5, 5.41) is 4.80. The van der Waals surface area contributed by atoms with Gasteiger partial charge in [-0.1, -0.05) is 29.8 Å². The molecule has 1 fully saturated rings. The summed E-state index contributed by atoms with van der Waals surface area (Å²) in [6, 6.07) is 9.31. The maximum Gasteiger partial charge on any atom is 0.270 e. The molecule has 0 unspecified atom stereocenters. The number of para-hydroxylation sites is 1. The standard InChI is InChI=1S/C20H21ClN6O2/c1-13-4-2-3-5-17(13)27-18(22)15(12-24-27)19(28)25-6-8-26(9-7-25)20(29)16-10-14(21)11-23-16/h2-5,10-12,23H,6-9,22H2,1H3. The highest BCUT2D eigenvalue weighted by Crippen LogP contribution is 2.22. The quantitative estimate of drug-likeness (QED) is 0.689. The Morgan fingerprint density at radius 1 is 1.10 bits per heavy atom. The molecule has 3 aromatic rings. The van der Waals surface area contributed by atoms with Gasteiger partial charge in [-0.15, -0.1) is 0 Å². The molecule has 29 heavy (non-hydrogen) atoms. The zero-order valence-corrected chi connectivity index (χ0v) is 16.7. The number of hydrogen-bond acceptors (Lipinski definition) is 4. The number of carbonyl (C=O) groups is 2. The Morgan fingerprint density at radius 3 is 2.38 bits per heavy atom. The number of piperazine rings is 1. The molecule has 0 aliphatic carbocycles. The zero-order valence-electron chi connectivity index (χ0n) is 15.9.